The number of thiazole rings is 1. The van der Waals surface area contributed by atoms with E-state index in [4.69, 9.17) is 5.26 Å². The fourth-order valence-corrected chi connectivity index (χ4v) is 2.71. The van der Waals surface area contributed by atoms with E-state index in [1.54, 1.807) is 12.1 Å². The van der Waals surface area contributed by atoms with Gasteiger partial charge in [-0.2, -0.15) is 10.4 Å². The maximum absolute atomic E-state index is 8.83. The van der Waals surface area contributed by atoms with Crippen molar-refractivity contribution in [2.24, 2.45) is 5.10 Å². The van der Waals surface area contributed by atoms with Crippen LogP contribution >= 0.6 is 11.3 Å². The molecule has 1 N–H and O–H groups in total. The smallest absolute Gasteiger partial charge is 0.203 e. The van der Waals surface area contributed by atoms with Gasteiger partial charge in [0, 0.05) is 10.9 Å². The highest BCUT2D eigenvalue weighted by atomic mass is 32.1. The van der Waals surface area contributed by atoms with Crippen LogP contribution < -0.4 is 5.43 Å². The molecular formula is C18H14N4S. The normalized spacial score (nSPS) is 11.0. The van der Waals surface area contributed by atoms with E-state index in [1.165, 1.54) is 11.3 Å². The lowest BCUT2D eigenvalue weighted by Gasteiger charge is -2.00. The maximum Gasteiger partial charge on any atom is 0.203 e. The number of hydrogen-bond acceptors (Lipinski definition) is 5. The van der Waals surface area contributed by atoms with Crippen LogP contribution in [0.2, 0.25) is 0 Å². The first-order chi connectivity index (χ1) is 11.3. The van der Waals surface area contributed by atoms with Gasteiger partial charge in [0.1, 0.15) is 0 Å². The van der Waals surface area contributed by atoms with E-state index >= 15 is 0 Å². The summed E-state index contributed by atoms with van der Waals surface area (Å²) in [7, 11) is 0. The Labute approximate surface area is 138 Å². The van der Waals surface area contributed by atoms with Gasteiger partial charge >= 0.3 is 0 Å². The largest absolute Gasteiger partial charge is 0.252 e. The Morgan fingerprint density at radius 2 is 1.87 bits per heavy atom. The number of anilines is 1. The highest BCUT2D eigenvalue weighted by molar-refractivity contribution is 7.14. The first-order valence-corrected chi connectivity index (χ1v) is 7.96. The van der Waals surface area contributed by atoms with Crippen LogP contribution in [-0.4, -0.2) is 10.7 Å². The molecule has 1 aromatic heterocycles. The lowest BCUT2D eigenvalue weighted by atomic mass is 10.1. The molecule has 4 nitrogen and oxygen atoms in total. The third kappa shape index (κ3) is 3.62. The molecule has 0 bridgehead atoms. The molecule has 5 heteroatoms. The number of rotatable bonds is 4. The van der Waals surface area contributed by atoms with Gasteiger partial charge in [0.15, 0.2) is 0 Å². The molecule has 0 aliphatic carbocycles. The number of hydrogen-bond donors (Lipinski definition) is 1. The first kappa shape index (κ1) is 14.9. The van der Waals surface area contributed by atoms with Crippen LogP contribution in [0.15, 0.2) is 65.1 Å². The van der Waals surface area contributed by atoms with E-state index < -0.39 is 0 Å². The summed E-state index contributed by atoms with van der Waals surface area (Å²) in [6.45, 7) is 1.96. The van der Waals surface area contributed by atoms with Gasteiger partial charge in [0.25, 0.3) is 0 Å². The quantitative estimate of drug-likeness (QED) is 0.568. The van der Waals surface area contributed by atoms with Crippen LogP contribution in [-0.2, 0) is 0 Å². The summed E-state index contributed by atoms with van der Waals surface area (Å²) < 4.78 is 0. The summed E-state index contributed by atoms with van der Waals surface area (Å²) in [5.41, 5.74) is 7.47. The summed E-state index contributed by atoms with van der Waals surface area (Å²) in [5, 5.41) is 15.9. The first-order valence-electron chi connectivity index (χ1n) is 7.08. The van der Waals surface area contributed by atoms with Gasteiger partial charge < -0.3 is 0 Å². The molecule has 1 heterocycles. The Bertz CT molecular complexity index is 858. The van der Waals surface area contributed by atoms with Gasteiger partial charge in [-0.3, -0.25) is 5.43 Å². The van der Waals surface area contributed by atoms with E-state index in [2.05, 4.69) is 21.6 Å². The van der Waals surface area contributed by atoms with Gasteiger partial charge in [-0.25, -0.2) is 4.98 Å². The van der Waals surface area contributed by atoms with Crippen molar-refractivity contribution >= 4 is 22.2 Å². The number of nitrogens with zero attached hydrogens (tertiary/aromatic N) is 3. The zero-order valence-corrected chi connectivity index (χ0v) is 13.3. The molecule has 23 heavy (non-hydrogen) atoms. The number of aromatic nitrogens is 1. The molecule has 0 aliphatic heterocycles. The van der Waals surface area contributed by atoms with Crippen LogP contribution in [0.25, 0.3) is 11.3 Å². The monoisotopic (exact) mass is 318 g/mol. The Morgan fingerprint density at radius 3 is 2.57 bits per heavy atom. The fraction of sp³-hybridized carbons (Fsp3) is 0.0556. The van der Waals surface area contributed by atoms with E-state index in [9.17, 15) is 0 Å². The van der Waals surface area contributed by atoms with E-state index in [0.29, 0.717) is 5.56 Å². The van der Waals surface area contributed by atoms with Gasteiger partial charge in [0.05, 0.1) is 23.0 Å². The molecule has 0 spiro atoms. The van der Waals surface area contributed by atoms with Gasteiger partial charge in [-0.05, 0) is 24.6 Å². The maximum atomic E-state index is 8.83. The van der Waals surface area contributed by atoms with Crippen molar-refractivity contribution in [3.8, 4) is 17.3 Å². The number of hydrazone groups is 1. The van der Waals surface area contributed by atoms with Gasteiger partial charge in [-0.15, -0.1) is 11.3 Å². The van der Waals surface area contributed by atoms with Crippen molar-refractivity contribution in [2.75, 3.05) is 5.43 Å². The molecule has 0 amide bonds. The van der Waals surface area contributed by atoms with Crippen molar-refractivity contribution in [3.63, 3.8) is 0 Å². The number of nitriles is 1. The molecule has 0 unspecified atom stereocenters. The second-order valence-electron chi connectivity index (χ2n) is 4.90. The standard InChI is InChI=1S/C18H14N4S/c1-13(15-5-3-2-4-6-15)21-22-18-20-17(12-23-18)16-9-7-14(11-19)8-10-16/h2-10,12H,1H3,(H,20,22)/b21-13+. The zero-order chi connectivity index (χ0) is 16.1. The molecule has 112 valence electrons. The van der Waals surface area contributed by atoms with Crippen molar-refractivity contribution < 1.29 is 0 Å². The SMILES string of the molecule is C/C(=N\Nc1nc(-c2ccc(C#N)cc2)cs1)c1ccccc1. The molecule has 3 aromatic rings. The molecular weight excluding hydrogens is 304 g/mol. The minimum absolute atomic E-state index is 0.644. The van der Waals surface area contributed by atoms with Crippen LogP contribution in [0.3, 0.4) is 0 Å². The second kappa shape index (κ2) is 6.86. The van der Waals surface area contributed by atoms with E-state index in [-0.39, 0.29) is 0 Å². The molecule has 0 saturated heterocycles. The van der Waals surface area contributed by atoms with Gasteiger partial charge in [-0.1, -0.05) is 42.5 Å². The van der Waals surface area contributed by atoms with Gasteiger partial charge in [0.2, 0.25) is 5.13 Å². The third-order valence-corrected chi connectivity index (χ3v) is 4.07. The molecule has 0 saturated carbocycles. The Kier molecular flexibility index (Phi) is 4.46. The average Bonchev–Trinajstić information content (AvgIpc) is 3.09. The predicted octanol–water partition coefficient (Wildman–Crippen LogP) is 4.52. The highest BCUT2D eigenvalue weighted by Crippen LogP contribution is 2.25. The van der Waals surface area contributed by atoms with Crippen LogP contribution in [0.1, 0.15) is 18.1 Å². The van der Waals surface area contributed by atoms with Crippen LogP contribution in [0.5, 0.6) is 0 Å². The van der Waals surface area contributed by atoms with Crippen molar-refractivity contribution in [3.05, 3.63) is 71.1 Å². The lowest BCUT2D eigenvalue weighted by molar-refractivity contribution is 1.27. The Balaban J connectivity index is 1.73. The zero-order valence-electron chi connectivity index (χ0n) is 12.5. The molecule has 0 fully saturated rings. The summed E-state index contributed by atoms with van der Waals surface area (Å²) in [6.07, 6.45) is 0. The number of nitrogens with one attached hydrogen (secondary N) is 1. The summed E-state index contributed by atoms with van der Waals surface area (Å²) in [5.74, 6) is 0. The van der Waals surface area contributed by atoms with Crippen LogP contribution in [0, 0.1) is 11.3 Å². The predicted molar refractivity (Wildman–Crippen MR) is 94.5 cm³/mol. The minimum Gasteiger partial charge on any atom is -0.252 e. The molecule has 3 rings (SSSR count). The van der Waals surface area contributed by atoms with E-state index in [0.717, 1.165) is 27.7 Å². The lowest BCUT2D eigenvalue weighted by Crippen LogP contribution is -1.99. The van der Waals surface area contributed by atoms with Crippen molar-refractivity contribution in [2.45, 2.75) is 6.92 Å². The number of benzene rings is 2. The van der Waals surface area contributed by atoms with Crippen molar-refractivity contribution in [1.82, 2.24) is 4.98 Å². The third-order valence-electron chi connectivity index (χ3n) is 3.32. The topological polar surface area (TPSA) is 61.1 Å². The summed E-state index contributed by atoms with van der Waals surface area (Å²) in [6, 6.07) is 19.5. The molecule has 0 radical (unpaired) electrons. The average molecular weight is 318 g/mol. The second-order valence-corrected chi connectivity index (χ2v) is 5.76. The molecule has 0 aliphatic rings. The van der Waals surface area contributed by atoms with Crippen LogP contribution in [0.4, 0.5) is 5.13 Å². The Morgan fingerprint density at radius 1 is 1.13 bits per heavy atom. The molecule has 0 atom stereocenters. The summed E-state index contributed by atoms with van der Waals surface area (Å²) in [4.78, 5) is 4.52. The molecule has 2 aromatic carbocycles. The van der Waals surface area contributed by atoms with Crippen molar-refractivity contribution in [1.29, 1.82) is 5.26 Å². The Hall–Kier alpha value is -2.97. The highest BCUT2D eigenvalue weighted by Gasteiger charge is 2.04. The summed E-state index contributed by atoms with van der Waals surface area (Å²) >= 11 is 1.50. The van der Waals surface area contributed by atoms with E-state index in [1.807, 2.05) is 54.8 Å². The fourth-order valence-electron chi connectivity index (χ4n) is 2.05. The minimum atomic E-state index is 0.644.